The lowest BCUT2D eigenvalue weighted by Crippen LogP contribution is -2.00. The highest BCUT2D eigenvalue weighted by Crippen LogP contribution is 2.35. The molecule has 0 bridgehead atoms. The first-order valence-electron chi connectivity index (χ1n) is 19.6. The molecule has 0 saturated heterocycles. The first kappa shape index (κ1) is 36.0. The third-order valence-corrected chi connectivity index (χ3v) is 10.2. The average Bonchev–Trinajstić information content (AvgIpc) is 3.35. The van der Waals surface area contributed by atoms with Gasteiger partial charge >= 0.3 is 0 Å². The van der Waals surface area contributed by atoms with Gasteiger partial charge in [0.2, 0.25) is 0 Å². The fourth-order valence-electron chi connectivity index (χ4n) is 7.07. The Bertz CT molecular complexity index is 2730. The van der Waals surface area contributed by atoms with E-state index in [0.717, 1.165) is 66.9 Å². The zero-order valence-electron chi connectivity index (χ0n) is 32.2. The van der Waals surface area contributed by atoms with Crippen LogP contribution in [0.5, 0.6) is 0 Å². The first-order chi connectivity index (χ1) is 29.7. The van der Waals surface area contributed by atoms with Crippen LogP contribution in [0.3, 0.4) is 0 Å². The summed E-state index contributed by atoms with van der Waals surface area (Å²) in [7, 11) is 0. The number of hydrogen-bond acceptors (Lipinski definition) is 8. The molecule has 0 atom stereocenters. The molecule has 0 radical (unpaired) electrons. The normalized spacial score (nSPS) is 11.0. The van der Waals surface area contributed by atoms with E-state index in [0.29, 0.717) is 34.9 Å². The fourth-order valence-corrected chi connectivity index (χ4v) is 7.07. The van der Waals surface area contributed by atoms with E-state index in [1.807, 2.05) is 127 Å². The van der Waals surface area contributed by atoms with Crippen LogP contribution in [0.1, 0.15) is 0 Å². The Morgan fingerprint density at radius 2 is 0.517 bits per heavy atom. The fraction of sp³-hybridized carbons (Fsp3) is 0. The molecule has 0 saturated carbocycles. The van der Waals surface area contributed by atoms with E-state index in [1.54, 1.807) is 12.5 Å². The highest BCUT2D eigenvalue weighted by molar-refractivity contribution is 5.82. The maximum Gasteiger partial charge on any atom is 0.164 e. The molecule has 0 amide bonds. The Morgan fingerprint density at radius 3 is 0.817 bits per heavy atom. The molecule has 282 valence electrons. The predicted molar refractivity (Wildman–Crippen MR) is 238 cm³/mol. The third-order valence-electron chi connectivity index (χ3n) is 10.2. The number of aromatic nitrogens is 8. The third kappa shape index (κ3) is 7.68. The molecule has 8 heteroatoms. The van der Waals surface area contributed by atoms with Gasteiger partial charge in [0.15, 0.2) is 34.9 Å². The summed E-state index contributed by atoms with van der Waals surface area (Å²) in [6, 6.07) is 65.3. The summed E-state index contributed by atoms with van der Waals surface area (Å²) in [5.74, 6) is 3.71. The minimum Gasteiger partial charge on any atom is -0.245 e. The minimum atomic E-state index is 0.606. The van der Waals surface area contributed by atoms with E-state index in [1.165, 1.54) is 0 Å². The van der Waals surface area contributed by atoms with Crippen molar-refractivity contribution in [3.05, 3.63) is 207 Å². The summed E-state index contributed by atoms with van der Waals surface area (Å²) in [5.41, 5.74) is 11.5. The molecule has 10 aromatic rings. The maximum atomic E-state index is 4.93. The SMILES string of the molecule is c1ccc(-c2nc(-c3ccccc3)nc(-c3ccc(-c4cc(-c5ccc(-c6nc(-c7ccccc7)nc(-c7ccccc7)n6)cc5)cc(-c5ccncn5)c4)cc3)n2)cc1. The largest absolute Gasteiger partial charge is 0.245 e. The van der Waals surface area contributed by atoms with Gasteiger partial charge < -0.3 is 0 Å². The number of hydrogen-bond donors (Lipinski definition) is 0. The summed E-state index contributed by atoms with van der Waals surface area (Å²) < 4.78 is 0. The molecule has 60 heavy (non-hydrogen) atoms. The summed E-state index contributed by atoms with van der Waals surface area (Å²) in [6.07, 6.45) is 3.35. The van der Waals surface area contributed by atoms with Crippen LogP contribution in [0.4, 0.5) is 0 Å². The summed E-state index contributed by atoms with van der Waals surface area (Å²) in [6.45, 7) is 0. The van der Waals surface area contributed by atoms with Crippen molar-refractivity contribution < 1.29 is 0 Å². The molecule has 0 aliphatic heterocycles. The average molecular weight is 771 g/mol. The van der Waals surface area contributed by atoms with Gasteiger partial charge in [0, 0.05) is 45.1 Å². The Morgan fingerprint density at radius 1 is 0.233 bits per heavy atom. The predicted octanol–water partition coefficient (Wildman–Crippen LogP) is 11.8. The number of rotatable bonds is 9. The van der Waals surface area contributed by atoms with Crippen molar-refractivity contribution in [2.75, 3.05) is 0 Å². The zero-order chi connectivity index (χ0) is 40.1. The van der Waals surface area contributed by atoms with E-state index >= 15 is 0 Å². The van der Waals surface area contributed by atoms with E-state index in [2.05, 4.69) is 76.7 Å². The number of benzene rings is 7. The summed E-state index contributed by atoms with van der Waals surface area (Å²) in [4.78, 5) is 38.2. The van der Waals surface area contributed by atoms with Gasteiger partial charge in [-0.1, -0.05) is 170 Å². The Kier molecular flexibility index (Phi) is 9.75. The summed E-state index contributed by atoms with van der Waals surface area (Å²) >= 11 is 0. The van der Waals surface area contributed by atoms with E-state index in [9.17, 15) is 0 Å². The first-order valence-corrected chi connectivity index (χ1v) is 19.6. The summed E-state index contributed by atoms with van der Waals surface area (Å²) in [5, 5.41) is 0. The van der Waals surface area contributed by atoms with Crippen LogP contribution >= 0.6 is 0 Å². The van der Waals surface area contributed by atoms with E-state index in [-0.39, 0.29) is 0 Å². The second kappa shape index (κ2) is 16.2. The lowest BCUT2D eigenvalue weighted by molar-refractivity contribution is 1.07. The van der Waals surface area contributed by atoms with Crippen LogP contribution in [0.25, 0.3) is 102 Å². The van der Waals surface area contributed by atoms with Crippen molar-refractivity contribution in [1.82, 2.24) is 39.9 Å². The molecular weight excluding hydrogens is 737 g/mol. The molecule has 10 rings (SSSR count). The highest BCUT2D eigenvalue weighted by Gasteiger charge is 2.15. The molecule has 3 aromatic heterocycles. The Balaban J connectivity index is 1.01. The van der Waals surface area contributed by atoms with Crippen LogP contribution in [-0.4, -0.2) is 39.9 Å². The molecule has 0 N–H and O–H groups in total. The van der Waals surface area contributed by atoms with Crippen molar-refractivity contribution in [1.29, 1.82) is 0 Å². The molecule has 0 unspecified atom stereocenters. The van der Waals surface area contributed by atoms with Gasteiger partial charge in [0.25, 0.3) is 0 Å². The van der Waals surface area contributed by atoms with Crippen molar-refractivity contribution in [2.45, 2.75) is 0 Å². The molecule has 7 aromatic carbocycles. The number of nitrogens with zero attached hydrogens (tertiary/aromatic N) is 8. The van der Waals surface area contributed by atoms with Crippen molar-refractivity contribution in [3.63, 3.8) is 0 Å². The highest BCUT2D eigenvalue weighted by atomic mass is 15.0. The smallest absolute Gasteiger partial charge is 0.164 e. The zero-order valence-corrected chi connectivity index (χ0v) is 32.2. The quantitative estimate of drug-likeness (QED) is 0.143. The van der Waals surface area contributed by atoms with Crippen LogP contribution in [0.2, 0.25) is 0 Å². The van der Waals surface area contributed by atoms with Crippen LogP contribution in [0.15, 0.2) is 207 Å². The Labute approximate surface area is 347 Å². The molecule has 3 heterocycles. The van der Waals surface area contributed by atoms with E-state index in [4.69, 9.17) is 29.9 Å². The standard InChI is InChI=1S/C52H34N8/c1-5-13-37(14-6-1)47-55-48(38-15-7-2-8-16-38)58-51(57-47)41-25-21-35(22-26-41)43-31-44(33-45(32-43)46-29-30-53-34-54-46)36-23-27-42(28-24-36)52-59-49(39-17-9-3-10-18-39)56-50(60-52)40-19-11-4-12-20-40/h1-34H. The molecule has 0 aliphatic rings. The second-order valence-corrected chi connectivity index (χ2v) is 14.1. The maximum absolute atomic E-state index is 4.93. The molecule has 8 nitrogen and oxygen atoms in total. The monoisotopic (exact) mass is 770 g/mol. The molecule has 0 fully saturated rings. The topological polar surface area (TPSA) is 103 Å². The van der Waals surface area contributed by atoms with Crippen LogP contribution < -0.4 is 0 Å². The van der Waals surface area contributed by atoms with Gasteiger partial charge in [-0.15, -0.1) is 0 Å². The van der Waals surface area contributed by atoms with Gasteiger partial charge in [0.05, 0.1) is 5.69 Å². The van der Waals surface area contributed by atoms with Gasteiger partial charge in [-0.2, -0.15) is 0 Å². The Hall–Kier alpha value is -8.36. The van der Waals surface area contributed by atoms with Gasteiger partial charge in [-0.25, -0.2) is 39.9 Å². The lowest BCUT2D eigenvalue weighted by atomic mass is 9.94. The van der Waals surface area contributed by atoms with Crippen LogP contribution in [0, 0.1) is 0 Å². The van der Waals surface area contributed by atoms with Gasteiger partial charge in [-0.3, -0.25) is 0 Å². The minimum absolute atomic E-state index is 0.606. The molecular formula is C52H34N8. The molecule has 0 spiro atoms. The van der Waals surface area contributed by atoms with Crippen molar-refractivity contribution >= 4 is 0 Å². The lowest BCUT2D eigenvalue weighted by Gasteiger charge is -2.12. The van der Waals surface area contributed by atoms with Crippen molar-refractivity contribution in [2.24, 2.45) is 0 Å². The van der Waals surface area contributed by atoms with Gasteiger partial charge in [0.1, 0.15) is 6.33 Å². The van der Waals surface area contributed by atoms with Crippen molar-refractivity contribution in [3.8, 4) is 102 Å². The van der Waals surface area contributed by atoms with Gasteiger partial charge in [-0.05, 0) is 46.5 Å². The molecule has 0 aliphatic carbocycles. The van der Waals surface area contributed by atoms with E-state index < -0.39 is 0 Å². The van der Waals surface area contributed by atoms with Crippen LogP contribution in [-0.2, 0) is 0 Å². The second-order valence-electron chi connectivity index (χ2n) is 14.1.